The maximum absolute atomic E-state index is 6.06. The van der Waals surface area contributed by atoms with Crippen LogP contribution in [0.25, 0.3) is 0 Å². The highest BCUT2D eigenvalue weighted by Crippen LogP contribution is 2.32. The first-order chi connectivity index (χ1) is 8.34. The smallest absolute Gasteiger partial charge is 0.205 e. The second-order valence-corrected chi connectivity index (χ2v) is 5.42. The Bertz CT molecular complexity index is 367. The van der Waals surface area contributed by atoms with Gasteiger partial charge in [0.15, 0.2) is 0 Å². The van der Waals surface area contributed by atoms with Crippen LogP contribution in [-0.2, 0) is 0 Å². The quantitative estimate of drug-likeness (QED) is 0.850. The summed E-state index contributed by atoms with van der Waals surface area (Å²) in [5.41, 5.74) is 6.06. The van der Waals surface area contributed by atoms with E-state index in [-0.39, 0.29) is 0 Å². The molecule has 0 aromatic carbocycles. The number of piperidine rings is 1. The van der Waals surface area contributed by atoms with Crippen LogP contribution in [0.2, 0.25) is 0 Å². The van der Waals surface area contributed by atoms with Crippen LogP contribution in [0.3, 0.4) is 0 Å². The summed E-state index contributed by atoms with van der Waals surface area (Å²) in [5.74, 6) is 1.15. The topological polar surface area (TPSA) is 47.1 Å². The Kier molecular flexibility index (Phi) is 3.05. The predicted molar refractivity (Wildman–Crippen MR) is 69.2 cm³/mol. The summed E-state index contributed by atoms with van der Waals surface area (Å²) in [5, 5.41) is 0. The molecular weight excluding hydrogens is 212 g/mol. The third-order valence-electron chi connectivity index (χ3n) is 4.11. The Morgan fingerprint density at radius 2 is 2.00 bits per heavy atom. The first-order valence-electron chi connectivity index (χ1n) is 6.88. The van der Waals surface area contributed by atoms with Gasteiger partial charge in [0, 0.05) is 37.6 Å². The Balaban J connectivity index is 1.79. The fourth-order valence-corrected chi connectivity index (χ4v) is 3.21. The molecule has 3 rings (SSSR count). The van der Waals surface area contributed by atoms with Gasteiger partial charge in [-0.15, -0.1) is 0 Å². The van der Waals surface area contributed by atoms with E-state index < -0.39 is 0 Å². The van der Waals surface area contributed by atoms with Crippen molar-refractivity contribution in [3.63, 3.8) is 0 Å². The molecule has 2 fully saturated rings. The van der Waals surface area contributed by atoms with Gasteiger partial charge in [0.05, 0.1) is 0 Å². The van der Waals surface area contributed by atoms with E-state index in [2.05, 4.69) is 20.6 Å². The second kappa shape index (κ2) is 4.69. The van der Waals surface area contributed by atoms with Crippen molar-refractivity contribution in [3.05, 3.63) is 12.4 Å². The molecular formula is C13H22N4. The van der Waals surface area contributed by atoms with Gasteiger partial charge >= 0.3 is 0 Å². The molecule has 2 heterocycles. The number of nitrogens with zero attached hydrogens (tertiary/aromatic N) is 3. The minimum absolute atomic E-state index is 0.317. The molecule has 1 saturated heterocycles. The van der Waals surface area contributed by atoms with E-state index in [0.717, 1.165) is 25.5 Å². The molecule has 2 N–H and O–H groups in total. The first-order valence-corrected chi connectivity index (χ1v) is 6.88. The van der Waals surface area contributed by atoms with E-state index in [4.69, 9.17) is 5.73 Å². The lowest BCUT2D eigenvalue weighted by molar-refractivity contribution is 0.469. The van der Waals surface area contributed by atoms with Gasteiger partial charge in [-0.2, -0.15) is 0 Å². The molecule has 1 aliphatic heterocycles. The van der Waals surface area contributed by atoms with Gasteiger partial charge in [0.1, 0.15) is 0 Å². The average Bonchev–Trinajstić information content (AvgIpc) is 3.00. The maximum atomic E-state index is 6.06. The van der Waals surface area contributed by atoms with E-state index >= 15 is 0 Å². The molecule has 1 unspecified atom stereocenters. The first kappa shape index (κ1) is 11.1. The number of nitrogens with two attached hydrogens (primary N) is 1. The normalized spacial score (nSPS) is 26.6. The second-order valence-electron chi connectivity index (χ2n) is 5.42. The van der Waals surface area contributed by atoms with Gasteiger partial charge in [0.2, 0.25) is 5.95 Å². The zero-order chi connectivity index (χ0) is 11.7. The van der Waals surface area contributed by atoms with Crippen LogP contribution >= 0.6 is 0 Å². The standard InChI is InChI=1S/C13H22N4/c14-11-4-3-8-16(10-11)13-15-7-9-17(13)12-5-1-2-6-12/h7,9,11-12H,1-6,8,10,14H2. The van der Waals surface area contributed by atoms with E-state index in [1.165, 1.54) is 32.1 Å². The zero-order valence-corrected chi connectivity index (χ0v) is 10.4. The van der Waals surface area contributed by atoms with Gasteiger partial charge in [-0.3, -0.25) is 0 Å². The molecule has 4 nitrogen and oxygen atoms in total. The summed E-state index contributed by atoms with van der Waals surface area (Å²) < 4.78 is 2.38. The number of rotatable bonds is 2. The van der Waals surface area contributed by atoms with Crippen LogP contribution in [0.4, 0.5) is 5.95 Å². The lowest BCUT2D eigenvalue weighted by Gasteiger charge is -2.32. The summed E-state index contributed by atoms with van der Waals surface area (Å²) in [6.45, 7) is 2.07. The average molecular weight is 234 g/mol. The number of imidazole rings is 1. The number of hydrogen-bond donors (Lipinski definition) is 1. The van der Waals surface area contributed by atoms with Crippen LogP contribution in [0.15, 0.2) is 12.4 Å². The highest BCUT2D eigenvalue weighted by Gasteiger charge is 2.24. The summed E-state index contributed by atoms with van der Waals surface area (Å²) >= 11 is 0. The molecule has 0 spiro atoms. The summed E-state index contributed by atoms with van der Waals surface area (Å²) in [7, 11) is 0. The molecule has 1 aromatic rings. The van der Waals surface area contributed by atoms with Crippen LogP contribution in [0, 0.1) is 0 Å². The lowest BCUT2D eigenvalue weighted by Crippen LogP contribution is -2.44. The number of anilines is 1. The zero-order valence-electron chi connectivity index (χ0n) is 10.4. The van der Waals surface area contributed by atoms with Crippen LogP contribution in [0.1, 0.15) is 44.6 Å². The molecule has 0 amide bonds. The van der Waals surface area contributed by atoms with Crippen LogP contribution < -0.4 is 10.6 Å². The predicted octanol–water partition coefficient (Wildman–Crippen LogP) is 1.93. The Morgan fingerprint density at radius 1 is 1.18 bits per heavy atom. The van der Waals surface area contributed by atoms with Gasteiger partial charge in [-0.05, 0) is 25.7 Å². The monoisotopic (exact) mass is 234 g/mol. The molecule has 1 aliphatic carbocycles. The van der Waals surface area contributed by atoms with Crippen LogP contribution in [-0.4, -0.2) is 28.7 Å². The van der Waals surface area contributed by atoms with Crippen molar-refractivity contribution < 1.29 is 0 Å². The van der Waals surface area contributed by atoms with Gasteiger partial charge in [-0.25, -0.2) is 4.98 Å². The molecule has 1 saturated carbocycles. The van der Waals surface area contributed by atoms with E-state index in [9.17, 15) is 0 Å². The molecule has 1 aromatic heterocycles. The highest BCUT2D eigenvalue weighted by molar-refractivity contribution is 5.33. The molecule has 4 heteroatoms. The molecule has 0 radical (unpaired) electrons. The van der Waals surface area contributed by atoms with Crippen molar-refractivity contribution in [1.82, 2.24) is 9.55 Å². The van der Waals surface area contributed by atoms with E-state index in [0.29, 0.717) is 12.1 Å². The molecule has 1 atom stereocenters. The molecule has 94 valence electrons. The molecule has 0 bridgehead atoms. The van der Waals surface area contributed by atoms with Crippen molar-refractivity contribution in [1.29, 1.82) is 0 Å². The molecule has 2 aliphatic rings. The van der Waals surface area contributed by atoms with Crippen molar-refractivity contribution in [2.24, 2.45) is 5.73 Å². The fraction of sp³-hybridized carbons (Fsp3) is 0.769. The maximum Gasteiger partial charge on any atom is 0.205 e. The van der Waals surface area contributed by atoms with Gasteiger partial charge in [-0.1, -0.05) is 12.8 Å². The summed E-state index contributed by atoms with van der Waals surface area (Å²) in [6, 6.07) is 0.989. The molecule has 17 heavy (non-hydrogen) atoms. The van der Waals surface area contributed by atoms with E-state index in [1.54, 1.807) is 0 Å². The third kappa shape index (κ3) is 2.18. The van der Waals surface area contributed by atoms with Gasteiger partial charge in [0.25, 0.3) is 0 Å². The third-order valence-corrected chi connectivity index (χ3v) is 4.11. The minimum atomic E-state index is 0.317. The van der Waals surface area contributed by atoms with Crippen molar-refractivity contribution in [2.45, 2.75) is 50.6 Å². The van der Waals surface area contributed by atoms with Crippen molar-refractivity contribution >= 4 is 5.95 Å². The summed E-state index contributed by atoms with van der Waals surface area (Å²) in [6.07, 6.45) is 11.8. The largest absolute Gasteiger partial charge is 0.341 e. The van der Waals surface area contributed by atoms with Crippen molar-refractivity contribution in [3.8, 4) is 0 Å². The van der Waals surface area contributed by atoms with Crippen molar-refractivity contribution in [2.75, 3.05) is 18.0 Å². The lowest BCUT2D eigenvalue weighted by atomic mass is 10.1. The SMILES string of the molecule is NC1CCCN(c2nccn2C2CCCC2)C1. The minimum Gasteiger partial charge on any atom is -0.341 e. The Labute approximate surface area is 103 Å². The Hall–Kier alpha value is -1.03. The number of aromatic nitrogens is 2. The summed E-state index contributed by atoms with van der Waals surface area (Å²) in [4.78, 5) is 6.92. The van der Waals surface area contributed by atoms with E-state index in [1.807, 2.05) is 6.20 Å². The fourth-order valence-electron chi connectivity index (χ4n) is 3.21. The number of hydrogen-bond acceptors (Lipinski definition) is 3. The van der Waals surface area contributed by atoms with Crippen LogP contribution in [0.5, 0.6) is 0 Å². The van der Waals surface area contributed by atoms with Gasteiger partial charge < -0.3 is 15.2 Å². The Morgan fingerprint density at radius 3 is 2.76 bits per heavy atom. The highest BCUT2D eigenvalue weighted by atomic mass is 15.3.